The van der Waals surface area contributed by atoms with Gasteiger partial charge in [-0.25, -0.2) is 8.42 Å². The SMILES string of the molecule is C=C(CS(=O)(=O)c1ccccc1)C(=O)c1ccc(-c2ccccc2)cc1. The molecule has 0 aliphatic carbocycles. The lowest BCUT2D eigenvalue weighted by Gasteiger charge is -2.08. The number of rotatable bonds is 6. The molecule has 0 spiro atoms. The van der Waals surface area contributed by atoms with E-state index in [0.29, 0.717) is 5.56 Å². The van der Waals surface area contributed by atoms with Gasteiger partial charge in [0.05, 0.1) is 10.6 Å². The van der Waals surface area contributed by atoms with Gasteiger partial charge < -0.3 is 0 Å². The van der Waals surface area contributed by atoms with Crippen molar-refractivity contribution in [3.8, 4) is 11.1 Å². The monoisotopic (exact) mass is 362 g/mol. The van der Waals surface area contributed by atoms with Gasteiger partial charge in [0.1, 0.15) is 0 Å². The summed E-state index contributed by atoms with van der Waals surface area (Å²) in [7, 11) is -3.58. The number of Topliss-reactive ketones (excluding diaryl/α,β-unsaturated/α-hetero) is 1. The average Bonchev–Trinajstić information content (AvgIpc) is 2.68. The Morgan fingerprint density at radius 3 is 1.81 bits per heavy atom. The number of sulfone groups is 1. The van der Waals surface area contributed by atoms with Crippen molar-refractivity contribution in [3.05, 3.63) is 103 Å². The van der Waals surface area contributed by atoms with Crippen molar-refractivity contribution in [3.63, 3.8) is 0 Å². The lowest BCUT2D eigenvalue weighted by atomic mass is 10.0. The zero-order chi connectivity index (χ0) is 18.6. The van der Waals surface area contributed by atoms with Gasteiger partial charge in [0.15, 0.2) is 15.6 Å². The van der Waals surface area contributed by atoms with Gasteiger partial charge in [0.25, 0.3) is 0 Å². The maximum Gasteiger partial charge on any atom is 0.189 e. The Hall–Kier alpha value is -2.98. The van der Waals surface area contributed by atoms with Crippen molar-refractivity contribution in [1.82, 2.24) is 0 Å². The third-order valence-corrected chi connectivity index (χ3v) is 5.76. The van der Waals surface area contributed by atoms with Crippen molar-refractivity contribution in [1.29, 1.82) is 0 Å². The minimum Gasteiger partial charge on any atom is -0.289 e. The highest BCUT2D eigenvalue weighted by Crippen LogP contribution is 2.21. The van der Waals surface area contributed by atoms with Crippen LogP contribution in [0.15, 0.2) is 102 Å². The summed E-state index contributed by atoms with van der Waals surface area (Å²) in [5.41, 5.74) is 2.53. The highest BCUT2D eigenvalue weighted by molar-refractivity contribution is 7.91. The van der Waals surface area contributed by atoms with Crippen LogP contribution < -0.4 is 0 Å². The number of hydrogen-bond acceptors (Lipinski definition) is 3. The Bertz CT molecular complexity index is 1020. The van der Waals surface area contributed by atoms with Gasteiger partial charge in [0, 0.05) is 11.1 Å². The molecule has 0 saturated carbocycles. The second-order valence-corrected chi connectivity index (χ2v) is 7.94. The standard InChI is InChI=1S/C22H18O3S/c1-17(16-26(24,25)21-10-6-3-7-11-21)22(23)20-14-12-19(13-15-20)18-8-4-2-5-9-18/h2-15H,1,16H2. The molecule has 0 radical (unpaired) electrons. The third-order valence-electron chi connectivity index (χ3n) is 4.04. The first-order valence-electron chi connectivity index (χ1n) is 8.13. The highest BCUT2D eigenvalue weighted by Gasteiger charge is 2.20. The number of hydrogen-bond donors (Lipinski definition) is 0. The maximum atomic E-state index is 12.5. The van der Waals surface area contributed by atoms with Gasteiger partial charge in [-0.3, -0.25) is 4.79 Å². The van der Waals surface area contributed by atoms with Crippen LogP contribution in [0.2, 0.25) is 0 Å². The highest BCUT2D eigenvalue weighted by atomic mass is 32.2. The number of benzene rings is 3. The smallest absolute Gasteiger partial charge is 0.189 e. The lowest BCUT2D eigenvalue weighted by molar-refractivity contribution is 0.103. The van der Waals surface area contributed by atoms with Crippen molar-refractivity contribution >= 4 is 15.6 Å². The largest absolute Gasteiger partial charge is 0.289 e. The first-order valence-corrected chi connectivity index (χ1v) is 9.78. The fraction of sp³-hybridized carbons (Fsp3) is 0.0455. The molecule has 130 valence electrons. The molecule has 3 rings (SSSR count). The molecule has 0 bridgehead atoms. The summed E-state index contributed by atoms with van der Waals surface area (Å²) in [6.45, 7) is 3.69. The van der Waals surface area contributed by atoms with E-state index in [4.69, 9.17) is 0 Å². The predicted octanol–water partition coefficient (Wildman–Crippen LogP) is 4.57. The molecule has 0 fully saturated rings. The predicted molar refractivity (Wildman–Crippen MR) is 104 cm³/mol. The Labute approximate surface area is 153 Å². The first-order chi connectivity index (χ1) is 12.5. The van der Waals surface area contributed by atoms with E-state index in [9.17, 15) is 13.2 Å². The van der Waals surface area contributed by atoms with Crippen LogP contribution in [-0.2, 0) is 9.84 Å². The zero-order valence-electron chi connectivity index (χ0n) is 14.1. The zero-order valence-corrected chi connectivity index (χ0v) is 14.9. The van der Waals surface area contributed by atoms with Crippen molar-refractivity contribution in [2.45, 2.75) is 4.90 Å². The van der Waals surface area contributed by atoms with Gasteiger partial charge in [-0.1, -0.05) is 79.4 Å². The van der Waals surface area contributed by atoms with E-state index >= 15 is 0 Å². The van der Waals surface area contributed by atoms with Crippen LogP contribution in [0.3, 0.4) is 0 Å². The van der Waals surface area contributed by atoms with Gasteiger partial charge in [-0.05, 0) is 23.3 Å². The molecule has 26 heavy (non-hydrogen) atoms. The van der Waals surface area contributed by atoms with Crippen LogP contribution in [-0.4, -0.2) is 20.0 Å². The molecule has 0 aromatic heterocycles. The topological polar surface area (TPSA) is 51.2 Å². The number of ketones is 1. The average molecular weight is 362 g/mol. The van der Waals surface area contributed by atoms with Gasteiger partial charge >= 0.3 is 0 Å². The van der Waals surface area contributed by atoms with E-state index in [0.717, 1.165) is 11.1 Å². The molecule has 0 amide bonds. The van der Waals surface area contributed by atoms with Crippen molar-refractivity contribution in [2.24, 2.45) is 0 Å². The summed E-state index contributed by atoms with van der Waals surface area (Å²) >= 11 is 0. The Morgan fingerprint density at radius 1 is 0.731 bits per heavy atom. The molecule has 0 aliphatic heterocycles. The van der Waals surface area contributed by atoms with Crippen LogP contribution in [0.1, 0.15) is 10.4 Å². The maximum absolute atomic E-state index is 12.5. The molecule has 4 heteroatoms. The molecule has 0 aliphatic rings. The third kappa shape index (κ3) is 3.98. The molecule has 0 saturated heterocycles. The molecule has 0 N–H and O–H groups in total. The second kappa shape index (κ2) is 7.50. The summed E-state index contributed by atoms with van der Waals surface area (Å²) in [5, 5.41) is 0. The summed E-state index contributed by atoms with van der Waals surface area (Å²) < 4.78 is 24.8. The minimum atomic E-state index is -3.58. The van der Waals surface area contributed by atoms with Crippen LogP contribution in [0.5, 0.6) is 0 Å². The fourth-order valence-corrected chi connectivity index (χ4v) is 3.98. The summed E-state index contributed by atoms with van der Waals surface area (Å²) in [5.74, 6) is -0.750. The number of carbonyl (C=O) groups is 1. The van der Waals surface area contributed by atoms with E-state index in [1.165, 1.54) is 12.1 Å². The van der Waals surface area contributed by atoms with Gasteiger partial charge in [-0.15, -0.1) is 0 Å². The van der Waals surface area contributed by atoms with Crippen LogP contribution in [0.25, 0.3) is 11.1 Å². The molecule has 0 heterocycles. The van der Waals surface area contributed by atoms with E-state index in [1.807, 2.05) is 42.5 Å². The summed E-state index contributed by atoms with van der Waals surface area (Å²) in [6, 6.07) is 25.0. The Morgan fingerprint density at radius 2 is 1.23 bits per heavy atom. The van der Waals surface area contributed by atoms with E-state index in [1.54, 1.807) is 30.3 Å². The van der Waals surface area contributed by atoms with Crippen LogP contribution >= 0.6 is 0 Å². The molecular formula is C22H18O3S. The molecule has 0 atom stereocenters. The molecule has 3 nitrogen and oxygen atoms in total. The van der Waals surface area contributed by atoms with Crippen LogP contribution in [0.4, 0.5) is 0 Å². The molecule has 3 aromatic rings. The van der Waals surface area contributed by atoms with E-state index in [2.05, 4.69) is 6.58 Å². The van der Waals surface area contributed by atoms with E-state index < -0.39 is 15.6 Å². The van der Waals surface area contributed by atoms with Gasteiger partial charge in [0.2, 0.25) is 0 Å². The van der Waals surface area contributed by atoms with Crippen molar-refractivity contribution < 1.29 is 13.2 Å². The minimum absolute atomic E-state index is 0.0568. The molecular weight excluding hydrogens is 344 g/mol. The first kappa shape index (κ1) is 17.8. The summed E-state index contributed by atoms with van der Waals surface area (Å²) in [4.78, 5) is 12.7. The lowest BCUT2D eigenvalue weighted by Crippen LogP contribution is -2.14. The quantitative estimate of drug-likeness (QED) is 0.477. The summed E-state index contributed by atoms with van der Waals surface area (Å²) in [6.07, 6.45) is 0. The van der Waals surface area contributed by atoms with E-state index in [-0.39, 0.29) is 16.3 Å². The van der Waals surface area contributed by atoms with Crippen LogP contribution in [0, 0.1) is 0 Å². The normalized spacial score (nSPS) is 11.1. The second-order valence-electron chi connectivity index (χ2n) is 5.95. The molecule has 0 unspecified atom stereocenters. The Balaban J connectivity index is 1.76. The van der Waals surface area contributed by atoms with Crippen molar-refractivity contribution in [2.75, 3.05) is 5.75 Å². The fourth-order valence-electron chi connectivity index (χ4n) is 2.65. The Kier molecular flexibility index (Phi) is 5.14. The number of carbonyl (C=O) groups excluding carboxylic acids is 1. The van der Waals surface area contributed by atoms with Gasteiger partial charge in [-0.2, -0.15) is 0 Å². The molecule has 3 aromatic carbocycles.